The molecule has 0 saturated heterocycles. The van der Waals surface area contributed by atoms with Crippen LogP contribution >= 0.6 is 0 Å². The molecule has 0 atom stereocenters. The molecule has 80 valence electrons. The van der Waals surface area contributed by atoms with Gasteiger partial charge < -0.3 is 4.74 Å². The van der Waals surface area contributed by atoms with Crippen LogP contribution in [0.25, 0.3) is 0 Å². The second-order valence-electron chi connectivity index (χ2n) is 3.78. The Morgan fingerprint density at radius 1 is 1.50 bits per heavy atom. The maximum atomic E-state index is 5.47. The molecule has 14 heavy (non-hydrogen) atoms. The van der Waals surface area contributed by atoms with Gasteiger partial charge in [0.05, 0.1) is 18.4 Å². The molecular formula is C11H20N2O. The Morgan fingerprint density at radius 2 is 2.29 bits per heavy atom. The SMILES string of the molecule is CCCCn1ccc(COC(C)C)n1. The molecule has 1 rings (SSSR count). The van der Waals surface area contributed by atoms with Crippen LogP contribution in [0.15, 0.2) is 12.3 Å². The third-order valence-electron chi connectivity index (χ3n) is 2.00. The molecular weight excluding hydrogens is 176 g/mol. The van der Waals surface area contributed by atoms with Crippen LogP contribution in [0, 0.1) is 0 Å². The van der Waals surface area contributed by atoms with E-state index in [2.05, 4.69) is 12.0 Å². The van der Waals surface area contributed by atoms with E-state index in [-0.39, 0.29) is 6.10 Å². The first-order valence-corrected chi connectivity index (χ1v) is 5.36. The van der Waals surface area contributed by atoms with Gasteiger partial charge in [-0.05, 0) is 26.3 Å². The van der Waals surface area contributed by atoms with Gasteiger partial charge in [0.1, 0.15) is 0 Å². The summed E-state index contributed by atoms with van der Waals surface area (Å²) in [5.41, 5.74) is 1.02. The van der Waals surface area contributed by atoms with Gasteiger partial charge in [-0.15, -0.1) is 0 Å². The summed E-state index contributed by atoms with van der Waals surface area (Å²) in [6, 6.07) is 2.03. The van der Waals surface area contributed by atoms with Crippen LogP contribution in [0.2, 0.25) is 0 Å². The predicted molar refractivity (Wildman–Crippen MR) is 57.1 cm³/mol. The zero-order valence-corrected chi connectivity index (χ0v) is 9.36. The largest absolute Gasteiger partial charge is 0.372 e. The van der Waals surface area contributed by atoms with Crippen molar-refractivity contribution in [3.05, 3.63) is 18.0 Å². The van der Waals surface area contributed by atoms with E-state index in [9.17, 15) is 0 Å². The van der Waals surface area contributed by atoms with Gasteiger partial charge in [0.2, 0.25) is 0 Å². The van der Waals surface area contributed by atoms with Crippen LogP contribution in [0.4, 0.5) is 0 Å². The van der Waals surface area contributed by atoms with E-state index in [1.807, 2.05) is 30.8 Å². The quantitative estimate of drug-likeness (QED) is 0.699. The van der Waals surface area contributed by atoms with Crippen molar-refractivity contribution in [1.82, 2.24) is 9.78 Å². The molecule has 0 amide bonds. The van der Waals surface area contributed by atoms with Crippen molar-refractivity contribution in [1.29, 1.82) is 0 Å². The van der Waals surface area contributed by atoms with Crippen LogP contribution < -0.4 is 0 Å². The molecule has 1 aromatic heterocycles. The summed E-state index contributed by atoms with van der Waals surface area (Å²) in [6.45, 7) is 7.89. The van der Waals surface area contributed by atoms with E-state index in [4.69, 9.17) is 4.74 Å². The number of rotatable bonds is 6. The molecule has 0 unspecified atom stereocenters. The van der Waals surface area contributed by atoms with Crippen LogP contribution in [0.1, 0.15) is 39.3 Å². The molecule has 3 heteroatoms. The molecule has 0 aliphatic rings. The summed E-state index contributed by atoms with van der Waals surface area (Å²) in [4.78, 5) is 0. The fourth-order valence-electron chi connectivity index (χ4n) is 1.18. The van der Waals surface area contributed by atoms with Gasteiger partial charge in [-0.1, -0.05) is 13.3 Å². The van der Waals surface area contributed by atoms with Crippen molar-refractivity contribution in [3.8, 4) is 0 Å². The highest BCUT2D eigenvalue weighted by atomic mass is 16.5. The average Bonchev–Trinajstić information content (AvgIpc) is 2.59. The van der Waals surface area contributed by atoms with E-state index in [0.717, 1.165) is 12.2 Å². The van der Waals surface area contributed by atoms with Crippen molar-refractivity contribution in [2.75, 3.05) is 0 Å². The van der Waals surface area contributed by atoms with E-state index < -0.39 is 0 Å². The van der Waals surface area contributed by atoms with Gasteiger partial charge in [-0.3, -0.25) is 4.68 Å². The standard InChI is InChI=1S/C11H20N2O/c1-4-5-7-13-8-6-11(12-13)9-14-10(2)3/h6,8,10H,4-5,7,9H2,1-3H3. The Kier molecular flexibility index (Phi) is 4.66. The normalized spacial score (nSPS) is 11.1. The highest BCUT2D eigenvalue weighted by Crippen LogP contribution is 2.02. The molecule has 1 aromatic rings. The fourth-order valence-corrected chi connectivity index (χ4v) is 1.18. The number of hydrogen-bond acceptors (Lipinski definition) is 2. The minimum atomic E-state index is 0.274. The van der Waals surface area contributed by atoms with Crippen molar-refractivity contribution in [2.24, 2.45) is 0 Å². The first-order chi connectivity index (χ1) is 6.72. The molecule has 1 heterocycles. The maximum absolute atomic E-state index is 5.47. The lowest BCUT2D eigenvalue weighted by Crippen LogP contribution is -2.04. The first-order valence-electron chi connectivity index (χ1n) is 5.36. The number of ether oxygens (including phenoxy) is 1. The summed E-state index contributed by atoms with van der Waals surface area (Å²) < 4.78 is 7.46. The summed E-state index contributed by atoms with van der Waals surface area (Å²) in [5.74, 6) is 0. The number of nitrogens with zero attached hydrogens (tertiary/aromatic N) is 2. The third-order valence-corrected chi connectivity index (χ3v) is 2.00. The van der Waals surface area contributed by atoms with Gasteiger partial charge >= 0.3 is 0 Å². The number of hydrogen-bond donors (Lipinski definition) is 0. The van der Waals surface area contributed by atoms with Crippen LogP contribution in [0.3, 0.4) is 0 Å². The van der Waals surface area contributed by atoms with Crippen molar-refractivity contribution in [2.45, 2.75) is 52.9 Å². The fraction of sp³-hybridized carbons (Fsp3) is 0.727. The maximum Gasteiger partial charge on any atom is 0.0909 e. The van der Waals surface area contributed by atoms with Gasteiger partial charge in [0, 0.05) is 12.7 Å². The molecule has 0 saturated carbocycles. The van der Waals surface area contributed by atoms with Crippen LogP contribution in [-0.2, 0) is 17.9 Å². The molecule has 0 N–H and O–H groups in total. The smallest absolute Gasteiger partial charge is 0.0909 e. The van der Waals surface area contributed by atoms with E-state index >= 15 is 0 Å². The zero-order chi connectivity index (χ0) is 10.4. The Labute approximate surface area is 86.1 Å². The van der Waals surface area contributed by atoms with Crippen molar-refractivity contribution in [3.63, 3.8) is 0 Å². The van der Waals surface area contributed by atoms with E-state index in [1.165, 1.54) is 12.8 Å². The average molecular weight is 196 g/mol. The lowest BCUT2D eigenvalue weighted by atomic mass is 10.3. The van der Waals surface area contributed by atoms with Gasteiger partial charge in [0.25, 0.3) is 0 Å². The number of aryl methyl sites for hydroxylation is 1. The summed E-state index contributed by atoms with van der Waals surface area (Å²) in [5, 5.41) is 4.41. The summed E-state index contributed by atoms with van der Waals surface area (Å²) in [7, 11) is 0. The van der Waals surface area contributed by atoms with Crippen molar-refractivity contribution < 1.29 is 4.74 Å². The Bertz CT molecular complexity index is 256. The molecule has 0 aliphatic carbocycles. The first kappa shape index (κ1) is 11.2. The third kappa shape index (κ3) is 3.92. The highest BCUT2D eigenvalue weighted by molar-refractivity contribution is 4.96. The lowest BCUT2D eigenvalue weighted by molar-refractivity contribution is 0.0632. The number of unbranched alkanes of at least 4 members (excludes halogenated alkanes) is 1. The summed E-state index contributed by atoms with van der Waals surface area (Å²) >= 11 is 0. The minimum absolute atomic E-state index is 0.274. The Hall–Kier alpha value is -0.830. The second kappa shape index (κ2) is 5.81. The van der Waals surface area contributed by atoms with E-state index in [0.29, 0.717) is 6.61 Å². The molecule has 0 radical (unpaired) electrons. The minimum Gasteiger partial charge on any atom is -0.372 e. The van der Waals surface area contributed by atoms with E-state index in [1.54, 1.807) is 0 Å². The van der Waals surface area contributed by atoms with Crippen LogP contribution in [-0.4, -0.2) is 15.9 Å². The molecule has 0 spiro atoms. The molecule has 3 nitrogen and oxygen atoms in total. The lowest BCUT2D eigenvalue weighted by Gasteiger charge is -2.04. The Morgan fingerprint density at radius 3 is 2.93 bits per heavy atom. The molecule has 0 aliphatic heterocycles. The topological polar surface area (TPSA) is 27.1 Å². The molecule has 0 fully saturated rings. The highest BCUT2D eigenvalue weighted by Gasteiger charge is 2.00. The zero-order valence-electron chi connectivity index (χ0n) is 9.36. The number of aromatic nitrogens is 2. The van der Waals surface area contributed by atoms with Gasteiger partial charge in [-0.2, -0.15) is 5.10 Å². The van der Waals surface area contributed by atoms with Gasteiger partial charge in [-0.25, -0.2) is 0 Å². The van der Waals surface area contributed by atoms with Crippen LogP contribution in [0.5, 0.6) is 0 Å². The second-order valence-corrected chi connectivity index (χ2v) is 3.78. The molecule has 0 bridgehead atoms. The predicted octanol–water partition coefficient (Wildman–Crippen LogP) is 2.61. The molecule has 0 aromatic carbocycles. The Balaban J connectivity index is 2.35. The monoisotopic (exact) mass is 196 g/mol. The van der Waals surface area contributed by atoms with Gasteiger partial charge in [0.15, 0.2) is 0 Å². The van der Waals surface area contributed by atoms with Crippen molar-refractivity contribution >= 4 is 0 Å². The summed E-state index contributed by atoms with van der Waals surface area (Å²) in [6.07, 6.45) is 4.69.